The quantitative estimate of drug-likeness (QED) is 0.526. The number of hydrogen-bond acceptors (Lipinski definition) is 2. The number of rotatable bonds is 4. The molecular weight excluding hydrogens is 188 g/mol. The molecule has 1 spiro atoms. The summed E-state index contributed by atoms with van der Waals surface area (Å²) < 4.78 is 0. The normalized spacial score (nSPS) is 34.9. The van der Waals surface area contributed by atoms with Gasteiger partial charge in [0, 0.05) is 11.8 Å². The van der Waals surface area contributed by atoms with Crippen LogP contribution in [-0.2, 0) is 9.59 Å². The molecule has 0 aliphatic heterocycles. The van der Waals surface area contributed by atoms with E-state index in [0.717, 1.165) is 19.3 Å². The number of ketones is 2. The third-order valence-electron chi connectivity index (χ3n) is 4.38. The summed E-state index contributed by atoms with van der Waals surface area (Å²) in [6, 6.07) is 0. The lowest BCUT2D eigenvalue weighted by Gasteiger charge is -2.45. The average molecular weight is 208 g/mol. The van der Waals surface area contributed by atoms with Crippen molar-refractivity contribution in [1.29, 1.82) is 0 Å². The molecular formula is C13H20O2. The molecule has 2 rings (SSSR count). The highest BCUT2D eigenvalue weighted by atomic mass is 16.2. The van der Waals surface area contributed by atoms with Crippen LogP contribution in [0, 0.1) is 11.3 Å². The van der Waals surface area contributed by atoms with Crippen LogP contribution in [0.1, 0.15) is 58.3 Å². The zero-order chi connectivity index (χ0) is 10.9. The molecule has 15 heavy (non-hydrogen) atoms. The van der Waals surface area contributed by atoms with Crippen LogP contribution in [-0.4, -0.2) is 11.6 Å². The van der Waals surface area contributed by atoms with Gasteiger partial charge in [-0.15, -0.1) is 0 Å². The fraction of sp³-hybridized carbons (Fsp3) is 0.846. The lowest BCUT2D eigenvalue weighted by Crippen LogP contribution is -2.44. The second-order valence-electron chi connectivity index (χ2n) is 5.14. The van der Waals surface area contributed by atoms with Gasteiger partial charge in [-0.1, -0.05) is 26.2 Å². The summed E-state index contributed by atoms with van der Waals surface area (Å²) in [5.74, 6) is 0.397. The molecule has 84 valence electrons. The van der Waals surface area contributed by atoms with Gasteiger partial charge in [-0.05, 0) is 31.6 Å². The van der Waals surface area contributed by atoms with E-state index in [2.05, 4.69) is 6.92 Å². The van der Waals surface area contributed by atoms with Gasteiger partial charge in [-0.2, -0.15) is 0 Å². The number of unbranched alkanes of at least 4 members (excludes halogenated alkanes) is 2. The Hall–Kier alpha value is -0.660. The monoisotopic (exact) mass is 208 g/mol. The summed E-state index contributed by atoms with van der Waals surface area (Å²) in [4.78, 5) is 23.1. The van der Waals surface area contributed by atoms with Gasteiger partial charge >= 0.3 is 0 Å². The Bertz CT molecular complexity index is 282. The first-order valence-corrected chi connectivity index (χ1v) is 6.28. The molecule has 2 unspecified atom stereocenters. The van der Waals surface area contributed by atoms with E-state index in [0.29, 0.717) is 12.3 Å². The standard InChI is InChI=1S/C13H20O2/c1-2-3-4-5-10-6-8-13(10)9-7-11(14)12(13)15/h10H,2-9H2,1H3. The molecule has 0 aromatic rings. The van der Waals surface area contributed by atoms with Crippen molar-refractivity contribution in [2.75, 3.05) is 0 Å². The summed E-state index contributed by atoms with van der Waals surface area (Å²) in [6.07, 6.45) is 8.39. The highest BCUT2D eigenvalue weighted by Gasteiger charge is 2.56. The lowest BCUT2D eigenvalue weighted by molar-refractivity contribution is -0.144. The fourth-order valence-electron chi connectivity index (χ4n) is 3.23. The third-order valence-corrected chi connectivity index (χ3v) is 4.38. The summed E-state index contributed by atoms with van der Waals surface area (Å²) in [7, 11) is 0. The maximum Gasteiger partial charge on any atom is 0.204 e. The van der Waals surface area contributed by atoms with E-state index in [4.69, 9.17) is 0 Å². The SMILES string of the molecule is CCCCCC1CCC12CCC(=O)C2=O. The molecule has 2 fully saturated rings. The summed E-state index contributed by atoms with van der Waals surface area (Å²) in [5, 5.41) is 0. The molecule has 2 atom stereocenters. The van der Waals surface area contributed by atoms with Crippen molar-refractivity contribution < 1.29 is 9.59 Å². The first-order valence-electron chi connectivity index (χ1n) is 6.28. The fourth-order valence-corrected chi connectivity index (χ4v) is 3.23. The van der Waals surface area contributed by atoms with E-state index in [9.17, 15) is 9.59 Å². The van der Waals surface area contributed by atoms with E-state index in [-0.39, 0.29) is 17.0 Å². The molecule has 2 aliphatic rings. The van der Waals surface area contributed by atoms with E-state index in [1.807, 2.05) is 0 Å². The molecule has 2 heteroatoms. The van der Waals surface area contributed by atoms with Gasteiger partial charge in [0.05, 0.1) is 0 Å². The molecule has 0 heterocycles. The maximum atomic E-state index is 11.8. The Kier molecular flexibility index (Phi) is 2.94. The Balaban J connectivity index is 1.93. The zero-order valence-electron chi connectivity index (χ0n) is 9.55. The molecule has 2 saturated carbocycles. The summed E-state index contributed by atoms with van der Waals surface area (Å²) in [6.45, 7) is 2.20. The van der Waals surface area contributed by atoms with Crippen molar-refractivity contribution in [2.24, 2.45) is 11.3 Å². The van der Waals surface area contributed by atoms with Gasteiger partial charge in [0.15, 0.2) is 5.78 Å². The van der Waals surface area contributed by atoms with E-state index in [1.54, 1.807) is 0 Å². The third kappa shape index (κ3) is 1.64. The molecule has 0 aromatic heterocycles. The van der Waals surface area contributed by atoms with Crippen LogP contribution in [0.2, 0.25) is 0 Å². The first-order chi connectivity index (χ1) is 7.20. The van der Waals surface area contributed by atoms with Gasteiger partial charge in [0.2, 0.25) is 5.78 Å². The van der Waals surface area contributed by atoms with E-state index in [1.165, 1.54) is 25.7 Å². The Labute approximate surface area is 91.4 Å². The second-order valence-corrected chi connectivity index (χ2v) is 5.14. The Morgan fingerprint density at radius 2 is 2.07 bits per heavy atom. The van der Waals surface area contributed by atoms with Gasteiger partial charge < -0.3 is 0 Å². The van der Waals surface area contributed by atoms with Crippen molar-refractivity contribution in [3.63, 3.8) is 0 Å². The minimum absolute atomic E-state index is 0.0322. The number of carbonyl (C=O) groups is 2. The highest BCUT2D eigenvalue weighted by molar-refractivity contribution is 6.41. The van der Waals surface area contributed by atoms with Crippen LogP contribution in [0.25, 0.3) is 0 Å². The lowest BCUT2D eigenvalue weighted by atomic mass is 9.57. The van der Waals surface area contributed by atoms with Crippen LogP contribution in [0.5, 0.6) is 0 Å². The van der Waals surface area contributed by atoms with Crippen molar-refractivity contribution >= 4 is 11.6 Å². The zero-order valence-corrected chi connectivity index (χ0v) is 9.55. The minimum Gasteiger partial charge on any atom is -0.291 e. The van der Waals surface area contributed by atoms with Crippen LogP contribution >= 0.6 is 0 Å². The van der Waals surface area contributed by atoms with Gasteiger partial charge in [-0.25, -0.2) is 0 Å². The molecule has 0 aromatic carbocycles. The molecule has 0 amide bonds. The minimum atomic E-state index is -0.176. The van der Waals surface area contributed by atoms with E-state index < -0.39 is 0 Å². The number of carbonyl (C=O) groups excluding carboxylic acids is 2. The van der Waals surface area contributed by atoms with Gasteiger partial charge in [0.1, 0.15) is 0 Å². The second kappa shape index (κ2) is 4.07. The Morgan fingerprint density at radius 3 is 2.53 bits per heavy atom. The Morgan fingerprint density at radius 1 is 1.27 bits per heavy atom. The van der Waals surface area contributed by atoms with Crippen LogP contribution in [0.3, 0.4) is 0 Å². The molecule has 0 radical (unpaired) electrons. The molecule has 0 N–H and O–H groups in total. The van der Waals surface area contributed by atoms with Crippen molar-refractivity contribution in [3.05, 3.63) is 0 Å². The maximum absolute atomic E-state index is 11.8. The van der Waals surface area contributed by atoms with Crippen molar-refractivity contribution in [3.8, 4) is 0 Å². The summed E-state index contributed by atoms with van der Waals surface area (Å²) in [5.41, 5.74) is -0.176. The van der Waals surface area contributed by atoms with Gasteiger partial charge in [0.25, 0.3) is 0 Å². The summed E-state index contributed by atoms with van der Waals surface area (Å²) >= 11 is 0. The predicted molar refractivity (Wildman–Crippen MR) is 58.5 cm³/mol. The van der Waals surface area contributed by atoms with Crippen molar-refractivity contribution in [1.82, 2.24) is 0 Å². The number of hydrogen-bond donors (Lipinski definition) is 0. The molecule has 0 saturated heterocycles. The largest absolute Gasteiger partial charge is 0.291 e. The smallest absolute Gasteiger partial charge is 0.204 e. The van der Waals surface area contributed by atoms with Crippen molar-refractivity contribution in [2.45, 2.75) is 58.3 Å². The molecule has 0 bridgehead atoms. The molecule has 2 aliphatic carbocycles. The predicted octanol–water partition coefficient (Wildman–Crippen LogP) is 2.90. The first kappa shape index (κ1) is 10.8. The topological polar surface area (TPSA) is 34.1 Å². The van der Waals surface area contributed by atoms with E-state index >= 15 is 0 Å². The molecule has 2 nitrogen and oxygen atoms in total. The highest BCUT2D eigenvalue weighted by Crippen LogP contribution is 2.55. The van der Waals surface area contributed by atoms with Gasteiger partial charge in [-0.3, -0.25) is 9.59 Å². The average Bonchev–Trinajstić information content (AvgIpc) is 2.52. The van der Waals surface area contributed by atoms with Crippen LogP contribution in [0.4, 0.5) is 0 Å². The van der Waals surface area contributed by atoms with Crippen LogP contribution in [0.15, 0.2) is 0 Å². The number of Topliss-reactive ketones (excluding diaryl/α,β-unsaturated/α-hetero) is 2. The van der Waals surface area contributed by atoms with Crippen LogP contribution < -0.4 is 0 Å².